The summed E-state index contributed by atoms with van der Waals surface area (Å²) in [6.07, 6.45) is 0. The van der Waals surface area contributed by atoms with Crippen molar-refractivity contribution in [1.82, 2.24) is 4.90 Å². The molecule has 4 heteroatoms. The highest BCUT2D eigenvalue weighted by atomic mass is 19.1. The van der Waals surface area contributed by atoms with Crippen molar-refractivity contribution in [3.8, 4) is 0 Å². The molecule has 0 saturated heterocycles. The molecule has 1 unspecified atom stereocenters. The lowest BCUT2D eigenvalue weighted by Gasteiger charge is -2.31. The summed E-state index contributed by atoms with van der Waals surface area (Å²) in [5.41, 5.74) is 1.40. The molecule has 0 aliphatic rings. The van der Waals surface area contributed by atoms with E-state index in [0.29, 0.717) is 5.56 Å². The number of nitrogens with zero attached hydrogens (tertiary/aromatic N) is 1. The molecule has 0 aliphatic carbocycles. The Morgan fingerprint density at radius 2 is 2.00 bits per heavy atom. The summed E-state index contributed by atoms with van der Waals surface area (Å²) in [6, 6.07) is 5.01. The van der Waals surface area contributed by atoms with E-state index in [9.17, 15) is 9.18 Å². The van der Waals surface area contributed by atoms with Crippen molar-refractivity contribution in [3.63, 3.8) is 0 Å². The number of halogens is 1. The molecule has 0 heterocycles. The maximum Gasteiger partial charge on any atom is 0.317 e. The molecule has 0 bridgehead atoms. The zero-order valence-corrected chi connectivity index (χ0v) is 11.3. The zero-order chi connectivity index (χ0) is 13.9. The van der Waals surface area contributed by atoms with Crippen LogP contribution in [0.4, 0.5) is 4.39 Å². The van der Waals surface area contributed by atoms with E-state index in [0.717, 1.165) is 5.56 Å². The summed E-state index contributed by atoms with van der Waals surface area (Å²) >= 11 is 0. The lowest BCUT2D eigenvalue weighted by atomic mass is 10.0. The van der Waals surface area contributed by atoms with E-state index in [4.69, 9.17) is 5.11 Å². The molecule has 0 aliphatic heterocycles. The van der Waals surface area contributed by atoms with Gasteiger partial charge in [0.05, 0.1) is 6.54 Å². The highest BCUT2D eigenvalue weighted by Gasteiger charge is 2.21. The Bertz CT molecular complexity index is 432. The number of hydrogen-bond donors (Lipinski definition) is 1. The van der Waals surface area contributed by atoms with Gasteiger partial charge in [0.15, 0.2) is 0 Å². The van der Waals surface area contributed by atoms with Gasteiger partial charge in [-0.1, -0.05) is 12.1 Å². The minimum atomic E-state index is -0.872. The zero-order valence-electron chi connectivity index (χ0n) is 11.3. The molecule has 3 nitrogen and oxygen atoms in total. The summed E-state index contributed by atoms with van der Waals surface area (Å²) in [5.74, 6) is -1.12. The van der Waals surface area contributed by atoms with Crippen LogP contribution >= 0.6 is 0 Å². The number of hydrogen-bond acceptors (Lipinski definition) is 2. The first kappa shape index (κ1) is 14.6. The van der Waals surface area contributed by atoms with Crippen LogP contribution in [0.1, 0.15) is 37.9 Å². The molecule has 0 saturated carbocycles. The largest absolute Gasteiger partial charge is 0.480 e. The third-order valence-corrected chi connectivity index (χ3v) is 3.16. The fourth-order valence-electron chi connectivity index (χ4n) is 1.98. The van der Waals surface area contributed by atoms with Crippen LogP contribution in [0.5, 0.6) is 0 Å². The second-order valence-corrected chi connectivity index (χ2v) is 4.84. The Morgan fingerprint density at radius 3 is 2.44 bits per heavy atom. The first-order valence-corrected chi connectivity index (χ1v) is 6.06. The molecule has 100 valence electrons. The van der Waals surface area contributed by atoms with Gasteiger partial charge >= 0.3 is 5.97 Å². The highest BCUT2D eigenvalue weighted by molar-refractivity contribution is 5.69. The summed E-state index contributed by atoms with van der Waals surface area (Å²) in [5, 5.41) is 8.91. The third kappa shape index (κ3) is 3.53. The minimum Gasteiger partial charge on any atom is -0.480 e. The molecule has 1 N–H and O–H groups in total. The average molecular weight is 253 g/mol. The van der Waals surface area contributed by atoms with Crippen molar-refractivity contribution in [2.24, 2.45) is 0 Å². The first-order valence-electron chi connectivity index (χ1n) is 6.06. The molecular weight excluding hydrogens is 233 g/mol. The number of carbonyl (C=O) groups is 1. The van der Waals surface area contributed by atoms with Crippen LogP contribution in [-0.2, 0) is 4.79 Å². The quantitative estimate of drug-likeness (QED) is 0.877. The molecule has 1 atom stereocenters. The van der Waals surface area contributed by atoms with E-state index >= 15 is 0 Å². The fraction of sp³-hybridized carbons (Fsp3) is 0.500. The van der Waals surface area contributed by atoms with Crippen molar-refractivity contribution < 1.29 is 14.3 Å². The Labute approximate surface area is 107 Å². The Balaban J connectivity index is 2.97. The minimum absolute atomic E-state index is 0.0473. The molecule has 1 rings (SSSR count). The van der Waals surface area contributed by atoms with E-state index < -0.39 is 5.97 Å². The van der Waals surface area contributed by atoms with Crippen molar-refractivity contribution in [2.45, 2.75) is 39.8 Å². The lowest BCUT2D eigenvalue weighted by Crippen LogP contribution is -2.37. The molecule has 0 amide bonds. The van der Waals surface area contributed by atoms with Gasteiger partial charge in [-0.25, -0.2) is 4.39 Å². The molecule has 0 fully saturated rings. The number of aliphatic carboxylic acids is 1. The van der Waals surface area contributed by atoms with Gasteiger partial charge in [-0.3, -0.25) is 9.69 Å². The molecule has 0 aromatic heterocycles. The first-order chi connectivity index (χ1) is 8.32. The normalized spacial score (nSPS) is 13.1. The standard InChI is InChI=1S/C14H20FNO2/c1-9(2)16(8-14(17)18)11(4)12-6-5-10(3)13(15)7-12/h5-7,9,11H,8H2,1-4H3,(H,17,18). The fourth-order valence-corrected chi connectivity index (χ4v) is 1.98. The second-order valence-electron chi connectivity index (χ2n) is 4.84. The number of carboxylic acid groups (broad SMARTS) is 1. The van der Waals surface area contributed by atoms with Gasteiger partial charge < -0.3 is 5.11 Å². The van der Waals surface area contributed by atoms with Crippen LogP contribution in [0.25, 0.3) is 0 Å². The smallest absolute Gasteiger partial charge is 0.317 e. The van der Waals surface area contributed by atoms with Crippen LogP contribution in [-0.4, -0.2) is 28.6 Å². The van der Waals surface area contributed by atoms with Crippen LogP contribution in [0.2, 0.25) is 0 Å². The van der Waals surface area contributed by atoms with Gasteiger partial charge in [0, 0.05) is 12.1 Å². The maximum atomic E-state index is 13.5. The molecule has 18 heavy (non-hydrogen) atoms. The average Bonchev–Trinajstić information content (AvgIpc) is 2.28. The van der Waals surface area contributed by atoms with Crippen LogP contribution in [0, 0.1) is 12.7 Å². The number of rotatable bonds is 5. The number of benzene rings is 1. The van der Waals surface area contributed by atoms with Gasteiger partial charge in [-0.05, 0) is 44.9 Å². The van der Waals surface area contributed by atoms with Crippen LogP contribution in [0.15, 0.2) is 18.2 Å². The predicted molar refractivity (Wildman–Crippen MR) is 69.0 cm³/mol. The van der Waals surface area contributed by atoms with Crippen LogP contribution < -0.4 is 0 Å². The number of carboxylic acids is 1. The monoisotopic (exact) mass is 253 g/mol. The van der Waals surface area contributed by atoms with E-state index in [2.05, 4.69) is 0 Å². The van der Waals surface area contributed by atoms with Crippen molar-refractivity contribution >= 4 is 5.97 Å². The van der Waals surface area contributed by atoms with Crippen molar-refractivity contribution in [1.29, 1.82) is 0 Å². The Hall–Kier alpha value is -1.42. The lowest BCUT2D eigenvalue weighted by molar-refractivity contribution is -0.139. The predicted octanol–water partition coefficient (Wildman–Crippen LogP) is 2.99. The van der Waals surface area contributed by atoms with Gasteiger partial charge in [0.25, 0.3) is 0 Å². The Kier molecular flexibility index (Phi) is 4.84. The molecule has 0 radical (unpaired) electrons. The summed E-state index contributed by atoms with van der Waals surface area (Å²) in [4.78, 5) is 12.7. The van der Waals surface area contributed by atoms with E-state index in [-0.39, 0.29) is 24.4 Å². The highest BCUT2D eigenvalue weighted by Crippen LogP contribution is 2.23. The number of aryl methyl sites for hydroxylation is 1. The summed E-state index contributed by atoms with van der Waals surface area (Å²) in [6.45, 7) is 7.43. The Morgan fingerprint density at radius 1 is 1.39 bits per heavy atom. The summed E-state index contributed by atoms with van der Waals surface area (Å²) in [7, 11) is 0. The van der Waals surface area contributed by atoms with Crippen LogP contribution in [0.3, 0.4) is 0 Å². The van der Waals surface area contributed by atoms with E-state index in [1.165, 1.54) is 6.07 Å². The second kappa shape index (κ2) is 5.96. The topological polar surface area (TPSA) is 40.5 Å². The van der Waals surface area contributed by atoms with Gasteiger partial charge in [0.1, 0.15) is 5.82 Å². The molecular formula is C14H20FNO2. The SMILES string of the molecule is Cc1ccc(C(C)N(CC(=O)O)C(C)C)cc1F. The van der Waals surface area contributed by atoms with Gasteiger partial charge in [0.2, 0.25) is 0 Å². The third-order valence-electron chi connectivity index (χ3n) is 3.16. The summed E-state index contributed by atoms with van der Waals surface area (Å²) < 4.78 is 13.5. The van der Waals surface area contributed by atoms with E-state index in [1.807, 2.05) is 31.7 Å². The van der Waals surface area contributed by atoms with Gasteiger partial charge in [-0.15, -0.1) is 0 Å². The van der Waals surface area contributed by atoms with Crippen molar-refractivity contribution in [3.05, 3.63) is 35.1 Å². The van der Waals surface area contributed by atoms with Gasteiger partial charge in [-0.2, -0.15) is 0 Å². The molecule has 1 aromatic rings. The molecule has 0 spiro atoms. The molecule has 1 aromatic carbocycles. The maximum absolute atomic E-state index is 13.5. The van der Waals surface area contributed by atoms with Crippen molar-refractivity contribution in [2.75, 3.05) is 6.54 Å². The van der Waals surface area contributed by atoms with E-state index in [1.54, 1.807) is 13.0 Å².